The molecular formula is C27H36N4O7. The zero-order valence-corrected chi connectivity index (χ0v) is 21.6. The molecule has 0 radical (unpaired) electrons. The Bertz CT molecular complexity index is 1090. The van der Waals surface area contributed by atoms with Crippen molar-refractivity contribution in [3.05, 3.63) is 65.7 Å². The molecule has 3 amide bonds. The van der Waals surface area contributed by atoms with E-state index in [4.69, 9.17) is 5.73 Å². The second kappa shape index (κ2) is 14.1. The highest BCUT2D eigenvalue weighted by Gasteiger charge is 2.32. The zero-order valence-electron chi connectivity index (χ0n) is 21.6. The second-order valence-electron chi connectivity index (χ2n) is 9.52. The topological polar surface area (TPSA) is 191 Å². The van der Waals surface area contributed by atoms with Gasteiger partial charge in [-0.1, -0.05) is 56.3 Å². The highest BCUT2D eigenvalue weighted by atomic mass is 16.4. The average molecular weight is 529 g/mol. The number of aliphatic hydroxyl groups is 1. The number of carboxylic acids is 1. The number of phenolic OH excluding ortho intramolecular Hbond substituents is 1. The van der Waals surface area contributed by atoms with Gasteiger partial charge < -0.3 is 37.0 Å². The standard InChI is InChI=1S/C27H36N4O7/c1-15(2)23(26(36)30-21(27(37)38)14-17-7-5-4-6-8-17)31-24(34)20(29-25(35)22(28)16(3)32)13-18-9-11-19(33)12-10-18/h4-12,15-16,20-23,32-33H,13-14,28H2,1-3H3,(H,29,35)(H,30,36)(H,31,34)(H,37,38). The van der Waals surface area contributed by atoms with E-state index in [9.17, 15) is 34.5 Å². The van der Waals surface area contributed by atoms with Crippen molar-refractivity contribution in [1.29, 1.82) is 0 Å². The van der Waals surface area contributed by atoms with Crippen molar-refractivity contribution in [1.82, 2.24) is 16.0 Å². The predicted molar refractivity (Wildman–Crippen MR) is 140 cm³/mol. The van der Waals surface area contributed by atoms with Crippen LogP contribution in [0.2, 0.25) is 0 Å². The SMILES string of the molecule is CC(C)C(NC(=O)C(Cc1ccc(O)cc1)NC(=O)C(N)C(C)O)C(=O)NC(Cc1ccccc1)C(=O)O. The van der Waals surface area contributed by atoms with E-state index in [2.05, 4.69) is 16.0 Å². The minimum absolute atomic E-state index is 0.00255. The normalized spacial score (nSPS) is 15.0. The Kier molecular flexibility index (Phi) is 11.2. The molecule has 2 aromatic carbocycles. The molecule has 11 heteroatoms. The summed E-state index contributed by atoms with van der Waals surface area (Å²) in [5, 5.41) is 36.5. The van der Waals surface area contributed by atoms with Crippen molar-refractivity contribution in [2.24, 2.45) is 11.7 Å². The fourth-order valence-corrected chi connectivity index (χ4v) is 3.66. The predicted octanol–water partition coefficient (Wildman–Crippen LogP) is 0.0805. The van der Waals surface area contributed by atoms with Crippen LogP contribution in [-0.4, -0.2) is 69.3 Å². The number of amides is 3. The molecule has 0 aromatic heterocycles. The lowest BCUT2D eigenvalue weighted by Gasteiger charge is -2.27. The molecule has 0 spiro atoms. The van der Waals surface area contributed by atoms with Gasteiger partial charge in [-0.25, -0.2) is 4.79 Å². The number of phenols is 1. The summed E-state index contributed by atoms with van der Waals surface area (Å²) >= 11 is 0. The van der Waals surface area contributed by atoms with Gasteiger partial charge in [0, 0.05) is 12.8 Å². The minimum Gasteiger partial charge on any atom is -0.508 e. The molecule has 11 nitrogen and oxygen atoms in total. The van der Waals surface area contributed by atoms with E-state index in [0.29, 0.717) is 5.56 Å². The molecule has 0 saturated carbocycles. The van der Waals surface area contributed by atoms with Gasteiger partial charge >= 0.3 is 5.97 Å². The molecular weight excluding hydrogens is 492 g/mol. The summed E-state index contributed by atoms with van der Waals surface area (Å²) in [5.74, 6) is -3.77. The van der Waals surface area contributed by atoms with Gasteiger partial charge in [0.1, 0.15) is 29.9 Å². The lowest BCUT2D eigenvalue weighted by Crippen LogP contribution is -2.59. The number of aromatic hydroxyl groups is 1. The number of hydrogen-bond acceptors (Lipinski definition) is 7. The second-order valence-corrected chi connectivity index (χ2v) is 9.52. The number of nitrogens with two attached hydrogens (primary N) is 1. The summed E-state index contributed by atoms with van der Waals surface area (Å²) < 4.78 is 0. The first kappa shape index (κ1) is 30.3. The molecule has 0 aliphatic rings. The Morgan fingerprint density at radius 2 is 1.29 bits per heavy atom. The van der Waals surface area contributed by atoms with Crippen molar-refractivity contribution in [2.75, 3.05) is 0 Å². The maximum atomic E-state index is 13.3. The average Bonchev–Trinajstić information content (AvgIpc) is 2.87. The van der Waals surface area contributed by atoms with Crippen LogP contribution in [0.3, 0.4) is 0 Å². The number of aliphatic hydroxyl groups excluding tert-OH is 1. The van der Waals surface area contributed by atoms with Crippen LogP contribution in [0.15, 0.2) is 54.6 Å². The Balaban J connectivity index is 2.21. The molecule has 5 unspecified atom stereocenters. The molecule has 5 atom stereocenters. The number of aliphatic carboxylic acids is 1. The van der Waals surface area contributed by atoms with E-state index in [1.54, 1.807) is 56.3 Å². The molecule has 8 N–H and O–H groups in total. The van der Waals surface area contributed by atoms with Crippen LogP contribution in [0, 0.1) is 5.92 Å². The lowest BCUT2D eigenvalue weighted by molar-refractivity contribution is -0.142. The van der Waals surface area contributed by atoms with Crippen LogP contribution in [0.1, 0.15) is 31.9 Å². The van der Waals surface area contributed by atoms with Gasteiger partial charge in [-0.2, -0.15) is 0 Å². The molecule has 38 heavy (non-hydrogen) atoms. The van der Waals surface area contributed by atoms with Crippen molar-refractivity contribution in [3.8, 4) is 5.75 Å². The third kappa shape index (κ3) is 9.16. The first-order valence-corrected chi connectivity index (χ1v) is 12.3. The van der Waals surface area contributed by atoms with E-state index in [1.807, 2.05) is 0 Å². The number of carbonyl (C=O) groups excluding carboxylic acids is 3. The Hall–Kier alpha value is -3.96. The number of carbonyl (C=O) groups is 4. The van der Waals surface area contributed by atoms with Gasteiger partial charge in [-0.3, -0.25) is 14.4 Å². The van der Waals surface area contributed by atoms with Gasteiger partial charge in [0.25, 0.3) is 0 Å². The van der Waals surface area contributed by atoms with Gasteiger partial charge in [-0.05, 0) is 36.1 Å². The summed E-state index contributed by atoms with van der Waals surface area (Å²) in [4.78, 5) is 50.8. The number of nitrogens with one attached hydrogen (secondary N) is 3. The van der Waals surface area contributed by atoms with E-state index < -0.39 is 59.9 Å². The van der Waals surface area contributed by atoms with E-state index in [0.717, 1.165) is 5.56 Å². The van der Waals surface area contributed by atoms with Crippen LogP contribution in [0.5, 0.6) is 5.75 Å². The number of carboxylic acid groups (broad SMARTS) is 1. The van der Waals surface area contributed by atoms with Crippen molar-refractivity contribution >= 4 is 23.7 Å². The van der Waals surface area contributed by atoms with E-state index >= 15 is 0 Å². The zero-order chi connectivity index (χ0) is 28.4. The van der Waals surface area contributed by atoms with E-state index in [-0.39, 0.29) is 18.6 Å². The van der Waals surface area contributed by atoms with E-state index in [1.165, 1.54) is 19.1 Å². The Morgan fingerprint density at radius 1 is 0.763 bits per heavy atom. The summed E-state index contributed by atoms with van der Waals surface area (Å²) in [6.45, 7) is 4.72. The fraction of sp³-hybridized carbons (Fsp3) is 0.407. The van der Waals surface area contributed by atoms with Crippen LogP contribution in [0.4, 0.5) is 0 Å². The summed E-state index contributed by atoms with van der Waals surface area (Å²) in [6, 6.07) is 10.0. The summed E-state index contributed by atoms with van der Waals surface area (Å²) in [5.41, 5.74) is 7.04. The van der Waals surface area contributed by atoms with Crippen LogP contribution < -0.4 is 21.7 Å². The monoisotopic (exact) mass is 528 g/mol. The molecule has 2 aromatic rings. The smallest absolute Gasteiger partial charge is 0.326 e. The Labute approximate surface area is 221 Å². The Morgan fingerprint density at radius 3 is 1.82 bits per heavy atom. The van der Waals surface area contributed by atoms with Gasteiger partial charge in [-0.15, -0.1) is 0 Å². The fourth-order valence-electron chi connectivity index (χ4n) is 3.66. The molecule has 0 fully saturated rings. The molecule has 0 saturated heterocycles. The third-order valence-electron chi connectivity index (χ3n) is 5.98. The number of hydrogen-bond donors (Lipinski definition) is 7. The van der Waals surface area contributed by atoms with Crippen molar-refractivity contribution in [2.45, 2.75) is 63.9 Å². The van der Waals surface area contributed by atoms with Crippen LogP contribution in [0.25, 0.3) is 0 Å². The molecule has 0 aliphatic carbocycles. The molecule has 0 heterocycles. The quantitative estimate of drug-likeness (QED) is 0.190. The third-order valence-corrected chi connectivity index (χ3v) is 5.98. The maximum Gasteiger partial charge on any atom is 0.326 e. The largest absolute Gasteiger partial charge is 0.508 e. The molecule has 0 bridgehead atoms. The first-order chi connectivity index (χ1) is 17.9. The lowest BCUT2D eigenvalue weighted by atomic mass is 9.99. The summed E-state index contributed by atoms with van der Waals surface area (Å²) in [6.07, 6.45) is -1.11. The van der Waals surface area contributed by atoms with Crippen molar-refractivity contribution in [3.63, 3.8) is 0 Å². The maximum absolute atomic E-state index is 13.3. The number of benzene rings is 2. The van der Waals surface area contributed by atoms with Crippen molar-refractivity contribution < 1.29 is 34.5 Å². The summed E-state index contributed by atoms with van der Waals surface area (Å²) in [7, 11) is 0. The first-order valence-electron chi connectivity index (χ1n) is 12.3. The van der Waals surface area contributed by atoms with Crippen LogP contribution in [-0.2, 0) is 32.0 Å². The number of rotatable bonds is 13. The molecule has 206 valence electrons. The molecule has 0 aliphatic heterocycles. The van der Waals surface area contributed by atoms with Gasteiger partial charge in [0.05, 0.1) is 6.10 Å². The highest BCUT2D eigenvalue weighted by Crippen LogP contribution is 2.13. The highest BCUT2D eigenvalue weighted by molar-refractivity contribution is 5.94. The minimum atomic E-state index is -1.29. The van der Waals surface area contributed by atoms with Gasteiger partial charge in [0.2, 0.25) is 17.7 Å². The van der Waals surface area contributed by atoms with Crippen LogP contribution >= 0.6 is 0 Å². The van der Waals surface area contributed by atoms with Gasteiger partial charge in [0.15, 0.2) is 0 Å². The molecule has 2 rings (SSSR count).